The van der Waals surface area contributed by atoms with E-state index in [0.717, 1.165) is 12.0 Å². The van der Waals surface area contributed by atoms with Crippen LogP contribution >= 0.6 is 0 Å². The van der Waals surface area contributed by atoms with Gasteiger partial charge in [0, 0.05) is 19.3 Å². The topological polar surface area (TPSA) is 66.5 Å². The Morgan fingerprint density at radius 1 is 1.04 bits per heavy atom. The highest BCUT2D eigenvalue weighted by Gasteiger charge is 2.21. The van der Waals surface area contributed by atoms with Crippen molar-refractivity contribution in [2.45, 2.75) is 37.5 Å². The van der Waals surface area contributed by atoms with Crippen LogP contribution in [-0.2, 0) is 14.8 Å². The van der Waals surface area contributed by atoms with Crippen molar-refractivity contribution in [3.63, 3.8) is 0 Å². The highest BCUT2D eigenvalue weighted by atomic mass is 32.2. The number of carbonyl (C=O) groups is 1. The summed E-state index contributed by atoms with van der Waals surface area (Å²) in [7, 11) is -1.92. The predicted octanol–water partition coefficient (Wildman–Crippen LogP) is 3.85. The van der Waals surface area contributed by atoms with Crippen LogP contribution in [0.4, 0.5) is 5.69 Å². The van der Waals surface area contributed by atoms with Gasteiger partial charge in [0.25, 0.3) is 0 Å². The van der Waals surface area contributed by atoms with E-state index in [1.54, 1.807) is 19.2 Å². The SMILES string of the molecule is CCCN(C)S(=O)(=O)c1ccc(NC(=O)C(CC)c2ccccc2)cc1. The molecule has 1 amide bonds. The van der Waals surface area contributed by atoms with Crippen LogP contribution in [-0.4, -0.2) is 32.2 Å². The highest BCUT2D eigenvalue weighted by molar-refractivity contribution is 7.89. The fraction of sp³-hybridized carbons (Fsp3) is 0.350. The van der Waals surface area contributed by atoms with Crippen molar-refractivity contribution in [1.82, 2.24) is 4.31 Å². The van der Waals surface area contributed by atoms with E-state index >= 15 is 0 Å². The second-order valence-electron chi connectivity index (χ2n) is 6.21. The van der Waals surface area contributed by atoms with Gasteiger partial charge >= 0.3 is 0 Å². The summed E-state index contributed by atoms with van der Waals surface area (Å²) in [6, 6.07) is 15.9. The minimum absolute atomic E-state index is 0.0996. The molecule has 0 aliphatic heterocycles. The first-order valence-electron chi connectivity index (χ1n) is 8.82. The number of rotatable bonds is 8. The number of nitrogens with one attached hydrogen (secondary N) is 1. The summed E-state index contributed by atoms with van der Waals surface area (Å²) in [4.78, 5) is 12.8. The van der Waals surface area contributed by atoms with Crippen molar-refractivity contribution in [3.05, 3.63) is 60.2 Å². The number of benzene rings is 2. The molecule has 1 unspecified atom stereocenters. The number of sulfonamides is 1. The van der Waals surface area contributed by atoms with Crippen LogP contribution in [0.15, 0.2) is 59.5 Å². The van der Waals surface area contributed by atoms with Crippen LogP contribution in [0.3, 0.4) is 0 Å². The minimum atomic E-state index is -3.49. The molecule has 2 aromatic carbocycles. The average molecular weight is 375 g/mol. The summed E-state index contributed by atoms with van der Waals surface area (Å²) in [6.07, 6.45) is 1.44. The zero-order valence-corrected chi connectivity index (χ0v) is 16.3. The number of nitrogens with zero attached hydrogens (tertiary/aromatic N) is 1. The molecule has 6 heteroatoms. The Labute approximate surface area is 156 Å². The minimum Gasteiger partial charge on any atom is -0.326 e. The zero-order valence-electron chi connectivity index (χ0n) is 15.5. The van der Waals surface area contributed by atoms with Crippen molar-refractivity contribution in [2.24, 2.45) is 0 Å². The first kappa shape index (κ1) is 20.1. The van der Waals surface area contributed by atoms with Crippen molar-refractivity contribution < 1.29 is 13.2 Å². The molecule has 0 aliphatic carbocycles. The standard InChI is InChI=1S/C20H26N2O3S/c1-4-15-22(3)26(24,25)18-13-11-17(12-14-18)21-20(23)19(5-2)16-9-7-6-8-10-16/h6-14,19H,4-5,15H2,1-3H3,(H,21,23). The molecule has 1 N–H and O–H groups in total. The number of anilines is 1. The Balaban J connectivity index is 2.12. The summed E-state index contributed by atoms with van der Waals surface area (Å²) < 4.78 is 26.2. The van der Waals surface area contributed by atoms with Crippen LogP contribution in [0.25, 0.3) is 0 Å². The number of carbonyl (C=O) groups excluding carboxylic acids is 1. The summed E-state index contributed by atoms with van der Waals surface area (Å²) in [5.41, 5.74) is 1.55. The van der Waals surface area contributed by atoms with Gasteiger partial charge in [-0.15, -0.1) is 0 Å². The van der Waals surface area contributed by atoms with Gasteiger partial charge in [-0.3, -0.25) is 4.79 Å². The molecular formula is C20H26N2O3S. The van der Waals surface area contributed by atoms with E-state index in [-0.39, 0.29) is 16.7 Å². The summed E-state index contributed by atoms with van der Waals surface area (Å²) in [5.74, 6) is -0.340. The molecule has 0 fully saturated rings. The predicted molar refractivity (Wildman–Crippen MR) is 105 cm³/mol. The molecule has 1 atom stereocenters. The third kappa shape index (κ3) is 4.71. The largest absolute Gasteiger partial charge is 0.326 e. The molecular weight excluding hydrogens is 348 g/mol. The molecule has 0 saturated carbocycles. The first-order valence-corrected chi connectivity index (χ1v) is 10.3. The second kappa shape index (κ2) is 8.96. The molecule has 0 heterocycles. The lowest BCUT2D eigenvalue weighted by molar-refractivity contribution is -0.117. The number of hydrogen-bond acceptors (Lipinski definition) is 3. The fourth-order valence-corrected chi connectivity index (χ4v) is 4.08. The summed E-state index contributed by atoms with van der Waals surface area (Å²) in [5, 5.41) is 2.88. The van der Waals surface area contributed by atoms with Gasteiger partial charge in [-0.1, -0.05) is 44.2 Å². The van der Waals surface area contributed by atoms with E-state index in [0.29, 0.717) is 18.7 Å². The Bertz CT molecular complexity index is 818. The maximum atomic E-state index is 12.6. The second-order valence-corrected chi connectivity index (χ2v) is 8.26. The van der Waals surface area contributed by atoms with Gasteiger partial charge in [-0.05, 0) is 42.7 Å². The van der Waals surface area contributed by atoms with E-state index in [9.17, 15) is 13.2 Å². The third-order valence-corrected chi connectivity index (χ3v) is 6.17. The van der Waals surface area contributed by atoms with Gasteiger partial charge in [0.15, 0.2) is 0 Å². The fourth-order valence-electron chi connectivity index (χ4n) is 2.81. The van der Waals surface area contributed by atoms with E-state index < -0.39 is 10.0 Å². The maximum Gasteiger partial charge on any atom is 0.242 e. The van der Waals surface area contributed by atoms with Gasteiger partial charge in [0.05, 0.1) is 10.8 Å². The van der Waals surface area contributed by atoms with Gasteiger partial charge in [0.1, 0.15) is 0 Å². The van der Waals surface area contributed by atoms with Crippen LogP contribution in [0.2, 0.25) is 0 Å². The van der Waals surface area contributed by atoms with Crippen LogP contribution < -0.4 is 5.32 Å². The zero-order chi connectivity index (χ0) is 19.2. The third-order valence-electron chi connectivity index (χ3n) is 4.30. The summed E-state index contributed by atoms with van der Waals surface area (Å²) >= 11 is 0. The van der Waals surface area contributed by atoms with Crippen LogP contribution in [0.5, 0.6) is 0 Å². The van der Waals surface area contributed by atoms with Crippen LogP contribution in [0.1, 0.15) is 38.2 Å². The molecule has 0 bridgehead atoms. The molecule has 2 rings (SSSR count). The lowest BCUT2D eigenvalue weighted by Gasteiger charge is -2.17. The van der Waals surface area contributed by atoms with Crippen molar-refractivity contribution >= 4 is 21.6 Å². The molecule has 140 valence electrons. The normalized spacial score (nSPS) is 12.8. The Kier molecular flexibility index (Phi) is 6.94. The van der Waals surface area contributed by atoms with E-state index in [2.05, 4.69) is 5.32 Å². The molecule has 0 aromatic heterocycles. The van der Waals surface area contributed by atoms with E-state index in [1.807, 2.05) is 44.2 Å². The van der Waals surface area contributed by atoms with E-state index in [4.69, 9.17) is 0 Å². The molecule has 0 saturated heterocycles. The molecule has 0 radical (unpaired) electrons. The van der Waals surface area contributed by atoms with Gasteiger partial charge in [0.2, 0.25) is 15.9 Å². The van der Waals surface area contributed by atoms with E-state index in [1.165, 1.54) is 16.4 Å². The lowest BCUT2D eigenvalue weighted by atomic mass is 9.95. The van der Waals surface area contributed by atoms with Gasteiger partial charge in [-0.25, -0.2) is 12.7 Å². The van der Waals surface area contributed by atoms with Crippen molar-refractivity contribution in [2.75, 3.05) is 18.9 Å². The maximum absolute atomic E-state index is 12.6. The lowest BCUT2D eigenvalue weighted by Crippen LogP contribution is -2.27. The Hall–Kier alpha value is -2.18. The molecule has 0 aliphatic rings. The van der Waals surface area contributed by atoms with Gasteiger partial charge < -0.3 is 5.32 Å². The highest BCUT2D eigenvalue weighted by Crippen LogP contribution is 2.23. The van der Waals surface area contributed by atoms with Crippen LogP contribution in [0, 0.1) is 0 Å². The smallest absolute Gasteiger partial charge is 0.242 e. The Morgan fingerprint density at radius 3 is 2.19 bits per heavy atom. The quantitative estimate of drug-likeness (QED) is 0.763. The number of hydrogen-bond donors (Lipinski definition) is 1. The molecule has 5 nitrogen and oxygen atoms in total. The molecule has 2 aromatic rings. The molecule has 26 heavy (non-hydrogen) atoms. The average Bonchev–Trinajstić information content (AvgIpc) is 2.64. The monoisotopic (exact) mass is 374 g/mol. The molecule has 0 spiro atoms. The summed E-state index contributed by atoms with van der Waals surface area (Å²) in [6.45, 7) is 4.37. The van der Waals surface area contributed by atoms with Crippen molar-refractivity contribution in [3.8, 4) is 0 Å². The van der Waals surface area contributed by atoms with Gasteiger partial charge in [-0.2, -0.15) is 0 Å². The van der Waals surface area contributed by atoms with Crippen molar-refractivity contribution in [1.29, 1.82) is 0 Å². The first-order chi connectivity index (χ1) is 12.4. The Morgan fingerprint density at radius 2 is 1.65 bits per heavy atom. The number of amides is 1.